The minimum absolute atomic E-state index is 0.0751. The molecule has 0 aliphatic carbocycles. The van der Waals surface area contributed by atoms with Crippen LogP contribution in [0.4, 0.5) is 9.52 Å². The largest absolute Gasteiger partial charge is 0.343 e. The quantitative estimate of drug-likeness (QED) is 0.624. The summed E-state index contributed by atoms with van der Waals surface area (Å²) in [5.41, 5.74) is 3.28. The van der Waals surface area contributed by atoms with Crippen molar-refractivity contribution < 1.29 is 9.18 Å². The van der Waals surface area contributed by atoms with Crippen molar-refractivity contribution in [3.8, 4) is 0 Å². The minimum atomic E-state index is -0.285. The molecule has 0 unspecified atom stereocenters. The number of hydrogen-bond acceptors (Lipinski definition) is 5. The van der Waals surface area contributed by atoms with E-state index in [1.54, 1.807) is 12.1 Å². The number of rotatable bonds is 5. The molecule has 1 amide bonds. The lowest BCUT2D eigenvalue weighted by Crippen LogP contribution is -2.54. The number of piperazine rings is 1. The van der Waals surface area contributed by atoms with Crippen molar-refractivity contribution in [2.45, 2.75) is 32.7 Å². The summed E-state index contributed by atoms with van der Waals surface area (Å²) in [6, 6.07) is 14.7. The Morgan fingerprint density at radius 2 is 1.80 bits per heavy atom. The number of carbonyl (C=O) groups excluding carboxylic acids is 1. The van der Waals surface area contributed by atoms with E-state index in [-0.39, 0.29) is 17.8 Å². The molecule has 0 saturated carbocycles. The number of aromatic nitrogens is 2. The summed E-state index contributed by atoms with van der Waals surface area (Å²) < 4.78 is 17.6. The van der Waals surface area contributed by atoms with Crippen LogP contribution in [0.3, 0.4) is 0 Å². The van der Waals surface area contributed by atoms with Crippen LogP contribution in [0.2, 0.25) is 0 Å². The van der Waals surface area contributed by atoms with Gasteiger partial charge in [-0.3, -0.25) is 4.79 Å². The maximum Gasteiger partial charge on any atom is 0.227 e. The average molecular weight is 425 g/mol. The van der Waals surface area contributed by atoms with Crippen LogP contribution in [0, 0.1) is 12.7 Å². The molecule has 1 saturated heterocycles. The minimum Gasteiger partial charge on any atom is -0.343 e. The molecule has 0 spiro atoms. The number of halogens is 1. The molecule has 4 rings (SSSR count). The van der Waals surface area contributed by atoms with E-state index in [4.69, 9.17) is 4.98 Å². The van der Waals surface area contributed by atoms with Crippen molar-refractivity contribution in [3.05, 3.63) is 76.9 Å². The zero-order chi connectivity index (χ0) is 21.1. The monoisotopic (exact) mass is 424 g/mol. The van der Waals surface area contributed by atoms with E-state index in [1.165, 1.54) is 34.8 Å². The summed E-state index contributed by atoms with van der Waals surface area (Å²) in [5.74, 6) is 0.624. The average Bonchev–Trinajstić information content (AvgIpc) is 3.20. The van der Waals surface area contributed by atoms with E-state index in [2.05, 4.69) is 47.4 Å². The van der Waals surface area contributed by atoms with Crippen LogP contribution < -0.4 is 4.90 Å². The van der Waals surface area contributed by atoms with E-state index in [0.29, 0.717) is 13.0 Å². The zero-order valence-electron chi connectivity index (χ0n) is 17.2. The van der Waals surface area contributed by atoms with Gasteiger partial charge in [0.2, 0.25) is 11.0 Å². The van der Waals surface area contributed by atoms with Gasteiger partial charge in [-0.15, -0.1) is 0 Å². The molecule has 1 aliphatic rings. The molecule has 0 N–H and O–H groups in total. The Balaban J connectivity index is 1.35. The first-order valence-electron chi connectivity index (χ1n) is 10.1. The summed E-state index contributed by atoms with van der Waals surface area (Å²) in [5, 5.41) is 0.912. The van der Waals surface area contributed by atoms with Gasteiger partial charge in [-0.2, -0.15) is 4.37 Å². The van der Waals surface area contributed by atoms with Gasteiger partial charge in [0, 0.05) is 43.6 Å². The van der Waals surface area contributed by atoms with E-state index in [9.17, 15) is 9.18 Å². The third-order valence-corrected chi connectivity index (χ3v) is 6.24. The molecule has 0 radical (unpaired) electrons. The highest BCUT2D eigenvalue weighted by molar-refractivity contribution is 7.09. The number of amides is 1. The van der Waals surface area contributed by atoms with Gasteiger partial charge in [-0.1, -0.05) is 42.0 Å². The van der Waals surface area contributed by atoms with Crippen molar-refractivity contribution in [1.82, 2.24) is 14.3 Å². The second-order valence-electron chi connectivity index (χ2n) is 7.84. The summed E-state index contributed by atoms with van der Waals surface area (Å²) in [6.07, 6.45) is 1.02. The van der Waals surface area contributed by atoms with Crippen LogP contribution >= 0.6 is 11.5 Å². The summed E-state index contributed by atoms with van der Waals surface area (Å²) >= 11 is 1.42. The maximum atomic E-state index is 13.1. The lowest BCUT2D eigenvalue weighted by molar-refractivity contribution is -0.132. The number of benzene rings is 2. The van der Waals surface area contributed by atoms with Gasteiger partial charge < -0.3 is 9.80 Å². The maximum absolute atomic E-state index is 13.1. The SMILES string of the molecule is Cc1ccc(Cc2nsc(N3CCN(C(=O)Cc4ccc(F)cc4)[C@@H](C)C3)n2)cc1. The van der Waals surface area contributed by atoms with Gasteiger partial charge in [0.05, 0.1) is 6.42 Å². The van der Waals surface area contributed by atoms with Crippen molar-refractivity contribution in [3.63, 3.8) is 0 Å². The van der Waals surface area contributed by atoms with Crippen LogP contribution in [0.1, 0.15) is 29.4 Å². The highest BCUT2D eigenvalue weighted by Gasteiger charge is 2.29. The Bertz CT molecular complexity index is 1000. The molecule has 1 aliphatic heterocycles. The summed E-state index contributed by atoms with van der Waals surface area (Å²) in [4.78, 5) is 21.6. The second-order valence-corrected chi connectivity index (χ2v) is 8.57. The molecule has 2 aromatic carbocycles. The van der Waals surface area contributed by atoms with E-state index < -0.39 is 0 Å². The third kappa shape index (κ3) is 4.84. The van der Waals surface area contributed by atoms with Gasteiger partial charge in [-0.25, -0.2) is 9.37 Å². The summed E-state index contributed by atoms with van der Waals surface area (Å²) in [6.45, 7) is 6.25. The number of anilines is 1. The van der Waals surface area contributed by atoms with Gasteiger partial charge in [-0.05, 0) is 37.1 Å². The Labute approximate surface area is 180 Å². The first-order chi connectivity index (χ1) is 14.5. The molecule has 30 heavy (non-hydrogen) atoms. The van der Waals surface area contributed by atoms with Crippen molar-refractivity contribution in [1.29, 1.82) is 0 Å². The fourth-order valence-electron chi connectivity index (χ4n) is 3.71. The number of hydrogen-bond donors (Lipinski definition) is 0. The zero-order valence-corrected chi connectivity index (χ0v) is 18.0. The molecular weight excluding hydrogens is 399 g/mol. The van der Waals surface area contributed by atoms with Gasteiger partial charge in [0.1, 0.15) is 11.6 Å². The third-order valence-electron chi connectivity index (χ3n) is 5.43. The smallest absolute Gasteiger partial charge is 0.227 e. The Morgan fingerprint density at radius 1 is 1.10 bits per heavy atom. The molecule has 2 heterocycles. The van der Waals surface area contributed by atoms with Crippen molar-refractivity contribution in [2.24, 2.45) is 0 Å². The lowest BCUT2D eigenvalue weighted by atomic mass is 10.1. The predicted molar refractivity (Wildman–Crippen MR) is 117 cm³/mol. The lowest BCUT2D eigenvalue weighted by Gasteiger charge is -2.39. The summed E-state index contributed by atoms with van der Waals surface area (Å²) in [7, 11) is 0. The van der Waals surface area contributed by atoms with Crippen LogP contribution in [-0.4, -0.2) is 45.8 Å². The molecule has 3 aromatic rings. The van der Waals surface area contributed by atoms with Gasteiger partial charge in [0.15, 0.2) is 0 Å². The fourth-order valence-corrected chi connectivity index (χ4v) is 4.43. The Morgan fingerprint density at radius 3 is 2.50 bits per heavy atom. The van der Waals surface area contributed by atoms with Crippen molar-refractivity contribution >= 4 is 22.6 Å². The van der Waals surface area contributed by atoms with E-state index in [1.807, 2.05) is 4.90 Å². The van der Waals surface area contributed by atoms with Gasteiger partial charge >= 0.3 is 0 Å². The molecule has 0 bridgehead atoms. The number of aryl methyl sites for hydroxylation is 1. The fraction of sp³-hybridized carbons (Fsp3) is 0.348. The Kier molecular flexibility index (Phi) is 6.08. The van der Waals surface area contributed by atoms with E-state index >= 15 is 0 Å². The number of carbonyl (C=O) groups is 1. The van der Waals surface area contributed by atoms with Gasteiger partial charge in [0.25, 0.3) is 0 Å². The molecule has 7 heteroatoms. The van der Waals surface area contributed by atoms with Crippen LogP contribution in [0.5, 0.6) is 0 Å². The number of nitrogens with zero attached hydrogens (tertiary/aromatic N) is 4. The molecular formula is C23H25FN4OS. The highest BCUT2D eigenvalue weighted by atomic mass is 32.1. The molecule has 1 atom stereocenters. The van der Waals surface area contributed by atoms with Crippen LogP contribution in [-0.2, 0) is 17.6 Å². The van der Waals surface area contributed by atoms with Crippen LogP contribution in [0.15, 0.2) is 48.5 Å². The van der Waals surface area contributed by atoms with E-state index in [0.717, 1.165) is 36.0 Å². The second kappa shape index (κ2) is 8.92. The molecule has 1 aromatic heterocycles. The van der Waals surface area contributed by atoms with Crippen LogP contribution in [0.25, 0.3) is 0 Å². The van der Waals surface area contributed by atoms with Crippen molar-refractivity contribution in [2.75, 3.05) is 24.5 Å². The predicted octanol–water partition coefficient (Wildman–Crippen LogP) is 3.86. The highest BCUT2D eigenvalue weighted by Crippen LogP contribution is 2.23. The molecule has 1 fully saturated rings. The molecule has 156 valence electrons. The normalized spacial score (nSPS) is 16.7. The first kappa shape index (κ1) is 20.5. The topological polar surface area (TPSA) is 49.3 Å². The Hall–Kier alpha value is -2.80. The standard InChI is InChI=1S/C23H25FN4OS/c1-16-3-5-18(6-4-16)13-21-25-23(30-26-21)27-11-12-28(17(2)15-27)22(29)14-19-7-9-20(24)10-8-19/h3-10,17H,11-15H2,1-2H3/t17-/m0/s1. The first-order valence-corrected chi connectivity index (χ1v) is 10.9. The molecule has 5 nitrogen and oxygen atoms in total.